The Kier molecular flexibility index (Phi) is 2.88. The first-order valence-corrected chi connectivity index (χ1v) is 5.73. The van der Waals surface area contributed by atoms with Crippen molar-refractivity contribution in [3.63, 3.8) is 0 Å². The van der Waals surface area contributed by atoms with Crippen molar-refractivity contribution in [2.24, 2.45) is 0 Å². The number of nitrogen functional groups attached to an aromatic ring is 1. The Labute approximate surface area is 101 Å². The molecule has 1 heterocycles. The maximum Gasteiger partial charge on any atom is 0.232 e. The van der Waals surface area contributed by atoms with E-state index in [2.05, 4.69) is 30.9 Å². The molecule has 0 bridgehead atoms. The van der Waals surface area contributed by atoms with Gasteiger partial charge in [0.25, 0.3) is 0 Å². The van der Waals surface area contributed by atoms with Crippen LogP contribution in [0.1, 0.15) is 33.1 Å². The zero-order valence-corrected chi connectivity index (χ0v) is 10.4. The topological polar surface area (TPSA) is 64.9 Å². The van der Waals surface area contributed by atoms with Crippen LogP contribution in [0.4, 0.5) is 5.69 Å². The SMILES string of the molecule is CCC(C)(C)c1nc(-c2ccccc2N)no1. The highest BCUT2D eigenvalue weighted by Crippen LogP contribution is 2.28. The summed E-state index contributed by atoms with van der Waals surface area (Å²) in [6, 6.07) is 7.52. The van der Waals surface area contributed by atoms with E-state index in [4.69, 9.17) is 10.3 Å². The minimum Gasteiger partial charge on any atom is -0.398 e. The van der Waals surface area contributed by atoms with Gasteiger partial charge in [0, 0.05) is 16.7 Å². The number of nitrogens with two attached hydrogens (primary N) is 1. The molecular weight excluding hydrogens is 214 g/mol. The number of rotatable bonds is 3. The first kappa shape index (κ1) is 11.6. The van der Waals surface area contributed by atoms with Gasteiger partial charge in [-0.05, 0) is 18.6 Å². The van der Waals surface area contributed by atoms with E-state index in [1.165, 1.54) is 0 Å². The van der Waals surface area contributed by atoms with Crippen molar-refractivity contribution in [2.75, 3.05) is 5.73 Å². The van der Waals surface area contributed by atoms with Gasteiger partial charge in [-0.25, -0.2) is 0 Å². The molecule has 0 unspecified atom stereocenters. The summed E-state index contributed by atoms with van der Waals surface area (Å²) in [7, 11) is 0. The lowest BCUT2D eigenvalue weighted by Gasteiger charge is -2.15. The second-order valence-corrected chi connectivity index (χ2v) is 4.75. The van der Waals surface area contributed by atoms with Gasteiger partial charge in [-0.15, -0.1) is 0 Å². The monoisotopic (exact) mass is 231 g/mol. The van der Waals surface area contributed by atoms with E-state index in [0.29, 0.717) is 17.4 Å². The Bertz CT molecular complexity index is 517. The van der Waals surface area contributed by atoms with Crippen molar-refractivity contribution < 1.29 is 4.52 Å². The molecule has 2 N–H and O–H groups in total. The number of aromatic nitrogens is 2. The fourth-order valence-corrected chi connectivity index (χ4v) is 1.46. The summed E-state index contributed by atoms with van der Waals surface area (Å²) in [6.07, 6.45) is 0.943. The molecule has 0 atom stereocenters. The Morgan fingerprint density at radius 1 is 1.29 bits per heavy atom. The molecule has 0 saturated heterocycles. The van der Waals surface area contributed by atoms with Crippen molar-refractivity contribution in [2.45, 2.75) is 32.6 Å². The van der Waals surface area contributed by atoms with E-state index in [9.17, 15) is 0 Å². The second-order valence-electron chi connectivity index (χ2n) is 4.75. The summed E-state index contributed by atoms with van der Waals surface area (Å²) in [5.74, 6) is 1.21. The quantitative estimate of drug-likeness (QED) is 0.825. The lowest BCUT2D eigenvalue weighted by Crippen LogP contribution is -2.15. The molecule has 2 rings (SSSR count). The highest BCUT2D eigenvalue weighted by Gasteiger charge is 2.26. The van der Waals surface area contributed by atoms with Crippen LogP contribution in [-0.2, 0) is 5.41 Å². The normalized spacial score (nSPS) is 11.7. The van der Waals surface area contributed by atoms with Crippen molar-refractivity contribution >= 4 is 5.69 Å². The lowest BCUT2D eigenvalue weighted by molar-refractivity contribution is 0.302. The molecule has 0 fully saturated rings. The molecular formula is C13H17N3O. The fourth-order valence-electron chi connectivity index (χ4n) is 1.46. The van der Waals surface area contributed by atoms with Gasteiger partial charge in [0.05, 0.1) is 0 Å². The zero-order valence-electron chi connectivity index (χ0n) is 10.4. The van der Waals surface area contributed by atoms with Crippen LogP contribution < -0.4 is 5.73 Å². The van der Waals surface area contributed by atoms with Crippen LogP contribution in [0.5, 0.6) is 0 Å². The summed E-state index contributed by atoms with van der Waals surface area (Å²) in [5, 5.41) is 4.00. The molecule has 90 valence electrons. The van der Waals surface area contributed by atoms with Gasteiger partial charge in [-0.2, -0.15) is 4.98 Å². The molecule has 17 heavy (non-hydrogen) atoms. The van der Waals surface area contributed by atoms with E-state index in [1.54, 1.807) is 0 Å². The van der Waals surface area contributed by atoms with Crippen LogP contribution >= 0.6 is 0 Å². The molecule has 0 saturated carbocycles. The third-order valence-corrected chi connectivity index (χ3v) is 3.09. The predicted molar refractivity (Wildman–Crippen MR) is 67.5 cm³/mol. The first-order valence-electron chi connectivity index (χ1n) is 5.73. The maximum atomic E-state index is 5.88. The van der Waals surface area contributed by atoms with Crippen LogP contribution in [0.3, 0.4) is 0 Å². The number of para-hydroxylation sites is 1. The maximum absolute atomic E-state index is 5.88. The van der Waals surface area contributed by atoms with E-state index < -0.39 is 0 Å². The van der Waals surface area contributed by atoms with Crippen molar-refractivity contribution in [3.8, 4) is 11.4 Å². The molecule has 2 aromatic rings. The third kappa shape index (κ3) is 2.16. The average molecular weight is 231 g/mol. The molecule has 4 heteroatoms. The molecule has 0 aliphatic heterocycles. The average Bonchev–Trinajstić information content (AvgIpc) is 2.79. The molecule has 1 aromatic heterocycles. The fraction of sp³-hybridized carbons (Fsp3) is 0.385. The van der Waals surface area contributed by atoms with Gasteiger partial charge in [0.2, 0.25) is 11.7 Å². The van der Waals surface area contributed by atoms with Crippen LogP contribution in [0.25, 0.3) is 11.4 Å². The van der Waals surface area contributed by atoms with Crippen molar-refractivity contribution in [1.29, 1.82) is 0 Å². The molecule has 0 spiro atoms. The Morgan fingerprint density at radius 2 is 2.00 bits per heavy atom. The van der Waals surface area contributed by atoms with Crippen LogP contribution in [0, 0.1) is 0 Å². The summed E-state index contributed by atoms with van der Waals surface area (Å²) >= 11 is 0. The molecule has 0 amide bonds. The summed E-state index contributed by atoms with van der Waals surface area (Å²) in [4.78, 5) is 4.43. The largest absolute Gasteiger partial charge is 0.398 e. The van der Waals surface area contributed by atoms with Gasteiger partial charge >= 0.3 is 0 Å². The van der Waals surface area contributed by atoms with Gasteiger partial charge in [0.1, 0.15) is 0 Å². The number of anilines is 1. The van der Waals surface area contributed by atoms with Crippen LogP contribution in [-0.4, -0.2) is 10.1 Å². The Morgan fingerprint density at radius 3 is 2.65 bits per heavy atom. The smallest absolute Gasteiger partial charge is 0.232 e. The number of nitrogens with zero attached hydrogens (tertiary/aromatic N) is 2. The van der Waals surface area contributed by atoms with E-state index >= 15 is 0 Å². The molecule has 0 aliphatic rings. The molecule has 4 nitrogen and oxygen atoms in total. The minimum absolute atomic E-state index is 0.102. The van der Waals surface area contributed by atoms with E-state index in [0.717, 1.165) is 12.0 Å². The van der Waals surface area contributed by atoms with Crippen molar-refractivity contribution in [3.05, 3.63) is 30.2 Å². The van der Waals surface area contributed by atoms with E-state index in [1.807, 2.05) is 24.3 Å². The zero-order chi connectivity index (χ0) is 12.5. The third-order valence-electron chi connectivity index (χ3n) is 3.09. The summed E-state index contributed by atoms with van der Waals surface area (Å²) in [5.41, 5.74) is 7.25. The molecule has 0 radical (unpaired) electrons. The minimum atomic E-state index is -0.102. The van der Waals surface area contributed by atoms with Gasteiger partial charge < -0.3 is 10.3 Å². The lowest BCUT2D eigenvalue weighted by atomic mass is 9.90. The predicted octanol–water partition coefficient (Wildman–Crippen LogP) is 3.01. The van der Waals surface area contributed by atoms with Crippen LogP contribution in [0.2, 0.25) is 0 Å². The van der Waals surface area contributed by atoms with Gasteiger partial charge in [0.15, 0.2) is 0 Å². The van der Waals surface area contributed by atoms with E-state index in [-0.39, 0.29) is 5.41 Å². The molecule has 1 aromatic carbocycles. The second kappa shape index (κ2) is 4.20. The van der Waals surface area contributed by atoms with Crippen molar-refractivity contribution in [1.82, 2.24) is 10.1 Å². The summed E-state index contributed by atoms with van der Waals surface area (Å²) < 4.78 is 5.31. The Hall–Kier alpha value is -1.84. The number of hydrogen-bond acceptors (Lipinski definition) is 4. The number of hydrogen-bond donors (Lipinski definition) is 1. The Balaban J connectivity index is 2.40. The first-order chi connectivity index (χ1) is 8.04. The summed E-state index contributed by atoms with van der Waals surface area (Å²) in [6.45, 7) is 6.26. The van der Waals surface area contributed by atoms with Gasteiger partial charge in [-0.3, -0.25) is 0 Å². The highest BCUT2D eigenvalue weighted by atomic mass is 16.5. The highest BCUT2D eigenvalue weighted by molar-refractivity contribution is 5.70. The standard InChI is InChI=1S/C13H17N3O/c1-4-13(2,3)12-15-11(16-17-12)9-7-5-6-8-10(9)14/h5-8H,4,14H2,1-3H3. The number of benzene rings is 1. The van der Waals surface area contributed by atoms with Crippen LogP contribution in [0.15, 0.2) is 28.8 Å². The van der Waals surface area contributed by atoms with Gasteiger partial charge in [-0.1, -0.05) is 38.1 Å². The molecule has 0 aliphatic carbocycles.